The van der Waals surface area contributed by atoms with E-state index in [0.29, 0.717) is 6.04 Å². The van der Waals surface area contributed by atoms with Crippen molar-refractivity contribution in [1.82, 2.24) is 4.90 Å². The fourth-order valence-corrected chi connectivity index (χ4v) is 2.90. The average Bonchev–Trinajstić information content (AvgIpc) is 2.50. The molecule has 2 rings (SSSR count). The van der Waals surface area contributed by atoms with E-state index in [1.165, 1.54) is 25.7 Å². The van der Waals surface area contributed by atoms with Crippen LogP contribution in [-0.2, 0) is 0 Å². The molecule has 1 saturated heterocycles. The van der Waals surface area contributed by atoms with Gasteiger partial charge in [0.15, 0.2) is 6.30 Å². The molecule has 0 aromatic heterocycles. The van der Waals surface area contributed by atoms with E-state index in [1.54, 1.807) is 0 Å². The van der Waals surface area contributed by atoms with Crippen LogP contribution < -0.4 is 0 Å². The monoisotopic (exact) mass is 199 g/mol. The highest BCUT2D eigenvalue weighted by Crippen LogP contribution is 2.34. The SMILES string of the molecule is CC1CCC(N2CCC(C)C2F)CC1. The molecule has 1 saturated carbocycles. The summed E-state index contributed by atoms with van der Waals surface area (Å²) in [5.41, 5.74) is 0. The lowest BCUT2D eigenvalue weighted by Crippen LogP contribution is -2.40. The van der Waals surface area contributed by atoms with Crippen LogP contribution in [-0.4, -0.2) is 23.8 Å². The second-order valence-electron chi connectivity index (χ2n) is 5.29. The first-order chi connectivity index (χ1) is 6.68. The Hall–Kier alpha value is -0.110. The van der Waals surface area contributed by atoms with Crippen LogP contribution in [0, 0.1) is 11.8 Å². The predicted molar refractivity (Wildman–Crippen MR) is 56.8 cm³/mol. The summed E-state index contributed by atoms with van der Waals surface area (Å²) in [6.45, 7) is 5.34. The summed E-state index contributed by atoms with van der Waals surface area (Å²) in [5.74, 6) is 1.12. The number of nitrogens with zero attached hydrogens (tertiary/aromatic N) is 1. The number of hydrogen-bond donors (Lipinski definition) is 0. The van der Waals surface area contributed by atoms with Crippen LogP contribution in [0.3, 0.4) is 0 Å². The van der Waals surface area contributed by atoms with Crippen LogP contribution in [0.2, 0.25) is 0 Å². The van der Waals surface area contributed by atoms with E-state index >= 15 is 0 Å². The quantitative estimate of drug-likeness (QED) is 0.586. The van der Waals surface area contributed by atoms with Crippen LogP contribution in [0.5, 0.6) is 0 Å². The van der Waals surface area contributed by atoms with Gasteiger partial charge in [0, 0.05) is 18.5 Å². The fourth-order valence-electron chi connectivity index (χ4n) is 2.90. The molecule has 0 aromatic rings. The van der Waals surface area contributed by atoms with Gasteiger partial charge in [-0.3, -0.25) is 4.90 Å². The van der Waals surface area contributed by atoms with Crippen molar-refractivity contribution in [2.75, 3.05) is 6.54 Å². The van der Waals surface area contributed by atoms with Crippen molar-refractivity contribution in [3.63, 3.8) is 0 Å². The van der Waals surface area contributed by atoms with Crippen molar-refractivity contribution in [3.05, 3.63) is 0 Å². The summed E-state index contributed by atoms with van der Waals surface area (Å²) in [5, 5.41) is 0. The van der Waals surface area contributed by atoms with Crippen molar-refractivity contribution in [1.29, 1.82) is 0 Å². The smallest absolute Gasteiger partial charge is 0.156 e. The molecule has 0 N–H and O–H groups in total. The molecule has 1 aliphatic heterocycles. The van der Waals surface area contributed by atoms with Gasteiger partial charge >= 0.3 is 0 Å². The highest BCUT2D eigenvalue weighted by molar-refractivity contribution is 4.85. The normalized spacial score (nSPS) is 45.6. The second-order valence-corrected chi connectivity index (χ2v) is 5.29. The Kier molecular flexibility index (Phi) is 3.10. The molecule has 2 unspecified atom stereocenters. The molecule has 2 atom stereocenters. The highest BCUT2D eigenvalue weighted by atomic mass is 19.1. The third-order valence-corrected chi connectivity index (χ3v) is 4.08. The van der Waals surface area contributed by atoms with Gasteiger partial charge in [-0.1, -0.05) is 13.8 Å². The highest BCUT2D eigenvalue weighted by Gasteiger charge is 2.36. The molecule has 0 bridgehead atoms. The summed E-state index contributed by atoms with van der Waals surface area (Å²) >= 11 is 0. The Morgan fingerprint density at radius 3 is 2.14 bits per heavy atom. The first-order valence-corrected chi connectivity index (χ1v) is 6.08. The maximum Gasteiger partial charge on any atom is 0.156 e. The zero-order valence-electron chi connectivity index (χ0n) is 9.38. The Labute approximate surface area is 86.7 Å². The summed E-state index contributed by atoms with van der Waals surface area (Å²) in [6, 6.07) is 0.547. The molecule has 1 heterocycles. The van der Waals surface area contributed by atoms with Crippen LogP contribution >= 0.6 is 0 Å². The molecule has 2 fully saturated rings. The van der Waals surface area contributed by atoms with E-state index < -0.39 is 6.30 Å². The third kappa shape index (κ3) is 1.95. The maximum absolute atomic E-state index is 13.8. The Balaban J connectivity index is 1.89. The molecule has 2 heteroatoms. The number of rotatable bonds is 1. The fraction of sp³-hybridized carbons (Fsp3) is 1.00. The molecule has 1 nitrogen and oxygen atoms in total. The standard InChI is InChI=1S/C12H22FN/c1-9-3-5-11(6-4-9)14-8-7-10(2)12(14)13/h9-12H,3-8H2,1-2H3. The molecule has 0 aromatic carbocycles. The van der Waals surface area contributed by atoms with Gasteiger partial charge in [-0.25, -0.2) is 4.39 Å². The van der Waals surface area contributed by atoms with Crippen LogP contribution in [0.1, 0.15) is 46.0 Å². The molecule has 1 aliphatic carbocycles. The number of hydrogen-bond acceptors (Lipinski definition) is 1. The van der Waals surface area contributed by atoms with E-state index in [4.69, 9.17) is 0 Å². The molecule has 14 heavy (non-hydrogen) atoms. The van der Waals surface area contributed by atoms with E-state index in [-0.39, 0.29) is 5.92 Å². The second kappa shape index (κ2) is 4.18. The molecular weight excluding hydrogens is 177 g/mol. The molecule has 0 amide bonds. The molecule has 82 valence electrons. The first-order valence-electron chi connectivity index (χ1n) is 6.08. The van der Waals surface area contributed by atoms with E-state index in [1.807, 2.05) is 6.92 Å². The van der Waals surface area contributed by atoms with Gasteiger partial charge in [-0.2, -0.15) is 0 Å². The summed E-state index contributed by atoms with van der Waals surface area (Å²) in [4.78, 5) is 2.12. The Morgan fingerprint density at radius 1 is 1.00 bits per heavy atom. The third-order valence-electron chi connectivity index (χ3n) is 4.08. The first kappa shape index (κ1) is 10.4. The van der Waals surface area contributed by atoms with Gasteiger partial charge in [-0.05, 0) is 38.0 Å². The van der Waals surface area contributed by atoms with Gasteiger partial charge in [0.2, 0.25) is 0 Å². The lowest BCUT2D eigenvalue weighted by Gasteiger charge is -2.35. The minimum absolute atomic E-state index is 0.259. The number of halogens is 1. The van der Waals surface area contributed by atoms with Gasteiger partial charge in [0.1, 0.15) is 0 Å². The van der Waals surface area contributed by atoms with Crippen LogP contribution in [0.15, 0.2) is 0 Å². The van der Waals surface area contributed by atoms with Gasteiger partial charge in [0.05, 0.1) is 0 Å². The van der Waals surface area contributed by atoms with Gasteiger partial charge in [-0.15, -0.1) is 0 Å². The lowest BCUT2D eigenvalue weighted by atomic mass is 9.86. The number of alkyl halides is 1. The Morgan fingerprint density at radius 2 is 1.64 bits per heavy atom. The van der Waals surface area contributed by atoms with Gasteiger partial charge in [0.25, 0.3) is 0 Å². The van der Waals surface area contributed by atoms with Crippen molar-refractivity contribution in [2.24, 2.45) is 11.8 Å². The lowest BCUT2D eigenvalue weighted by molar-refractivity contribution is 0.0387. The van der Waals surface area contributed by atoms with E-state index in [9.17, 15) is 4.39 Å². The van der Waals surface area contributed by atoms with Crippen LogP contribution in [0.4, 0.5) is 4.39 Å². The summed E-state index contributed by atoms with van der Waals surface area (Å²) < 4.78 is 13.8. The van der Waals surface area contributed by atoms with Crippen molar-refractivity contribution in [2.45, 2.75) is 58.3 Å². The van der Waals surface area contributed by atoms with E-state index in [0.717, 1.165) is 18.9 Å². The van der Waals surface area contributed by atoms with Crippen molar-refractivity contribution >= 4 is 0 Å². The zero-order valence-corrected chi connectivity index (χ0v) is 9.38. The molecular formula is C12H22FN. The minimum Gasteiger partial charge on any atom is -0.271 e. The summed E-state index contributed by atoms with van der Waals surface area (Å²) in [7, 11) is 0. The minimum atomic E-state index is -0.659. The summed E-state index contributed by atoms with van der Waals surface area (Å²) in [6.07, 6.45) is 5.41. The van der Waals surface area contributed by atoms with Gasteiger partial charge < -0.3 is 0 Å². The largest absolute Gasteiger partial charge is 0.271 e. The Bertz CT molecular complexity index is 187. The zero-order chi connectivity index (χ0) is 10.1. The molecule has 2 aliphatic rings. The molecule has 0 spiro atoms. The number of likely N-dealkylation sites (tertiary alicyclic amines) is 1. The topological polar surface area (TPSA) is 3.24 Å². The average molecular weight is 199 g/mol. The van der Waals surface area contributed by atoms with Crippen molar-refractivity contribution in [3.8, 4) is 0 Å². The predicted octanol–water partition coefficient (Wildman–Crippen LogP) is 3.20. The van der Waals surface area contributed by atoms with E-state index in [2.05, 4.69) is 11.8 Å². The van der Waals surface area contributed by atoms with Crippen LogP contribution in [0.25, 0.3) is 0 Å². The maximum atomic E-state index is 13.8. The van der Waals surface area contributed by atoms with Crippen molar-refractivity contribution < 1.29 is 4.39 Å². The molecule has 0 radical (unpaired) electrons.